The van der Waals surface area contributed by atoms with E-state index in [1.54, 1.807) is 0 Å². The summed E-state index contributed by atoms with van der Waals surface area (Å²) in [5.41, 5.74) is 0. The number of aromatic nitrogens is 3. The Bertz CT molecular complexity index is 459. The Morgan fingerprint density at radius 2 is 2.05 bits per heavy atom. The molecule has 0 spiro atoms. The van der Waals surface area contributed by atoms with Crippen molar-refractivity contribution in [3.05, 3.63) is 5.28 Å². The number of rotatable bonds is 5. The van der Waals surface area contributed by atoms with E-state index >= 15 is 0 Å². The van der Waals surface area contributed by atoms with Crippen molar-refractivity contribution in [2.45, 2.75) is 39.2 Å². The van der Waals surface area contributed by atoms with Crippen LogP contribution in [0.2, 0.25) is 5.28 Å². The Balaban J connectivity index is 2.23. The lowest BCUT2D eigenvalue weighted by atomic mass is 10.2. The summed E-state index contributed by atoms with van der Waals surface area (Å²) in [5.74, 6) is 0.628. The van der Waals surface area contributed by atoms with E-state index in [9.17, 15) is 0 Å². The maximum Gasteiger partial charge on any atom is 0.322 e. The van der Waals surface area contributed by atoms with Crippen molar-refractivity contribution in [3.8, 4) is 6.01 Å². The molecule has 1 aromatic rings. The van der Waals surface area contributed by atoms with E-state index < -0.39 is 0 Å². The van der Waals surface area contributed by atoms with Gasteiger partial charge in [-0.15, -0.1) is 0 Å². The summed E-state index contributed by atoms with van der Waals surface area (Å²) in [5, 5.41) is 0.193. The molecule has 0 radical (unpaired) electrons. The number of hydrogen-bond donors (Lipinski definition) is 0. The first kappa shape index (κ1) is 16.2. The van der Waals surface area contributed by atoms with Crippen LogP contribution in [0.3, 0.4) is 0 Å². The number of halogens is 1. The minimum atomic E-state index is 0.193. The van der Waals surface area contributed by atoms with Crippen molar-refractivity contribution < 1.29 is 4.74 Å². The smallest absolute Gasteiger partial charge is 0.322 e. The van der Waals surface area contributed by atoms with Crippen LogP contribution in [0.1, 0.15) is 33.1 Å². The molecule has 0 saturated carbocycles. The highest BCUT2D eigenvalue weighted by Gasteiger charge is 2.25. The molecule has 0 amide bonds. The molecule has 0 bridgehead atoms. The minimum Gasteiger partial charge on any atom is -0.463 e. The monoisotopic (exact) mass is 313 g/mol. The zero-order valence-electron chi connectivity index (χ0n) is 13.0. The number of nitrogens with zero attached hydrogens (tertiary/aromatic N) is 5. The average molecular weight is 314 g/mol. The van der Waals surface area contributed by atoms with Gasteiger partial charge in [-0.3, -0.25) is 0 Å². The molecule has 7 heteroatoms. The van der Waals surface area contributed by atoms with Crippen molar-refractivity contribution in [3.63, 3.8) is 0 Å². The summed E-state index contributed by atoms with van der Waals surface area (Å²) < 4.78 is 5.50. The van der Waals surface area contributed by atoms with Crippen LogP contribution < -0.4 is 9.64 Å². The zero-order chi connectivity index (χ0) is 15.2. The molecule has 1 aromatic heterocycles. The van der Waals surface area contributed by atoms with Crippen molar-refractivity contribution in [1.82, 2.24) is 19.9 Å². The first-order valence-corrected chi connectivity index (χ1v) is 8.01. The molecule has 1 atom stereocenters. The van der Waals surface area contributed by atoms with Crippen molar-refractivity contribution >= 4 is 17.5 Å². The predicted molar refractivity (Wildman–Crippen MR) is 84.2 cm³/mol. The molecule has 1 fully saturated rings. The van der Waals surface area contributed by atoms with Crippen molar-refractivity contribution in [2.75, 3.05) is 38.2 Å². The summed E-state index contributed by atoms with van der Waals surface area (Å²) in [6.45, 7) is 7.83. The van der Waals surface area contributed by atoms with Crippen LogP contribution in [0.15, 0.2) is 0 Å². The zero-order valence-corrected chi connectivity index (χ0v) is 13.8. The van der Waals surface area contributed by atoms with Crippen LogP contribution in [0.4, 0.5) is 5.95 Å². The van der Waals surface area contributed by atoms with Gasteiger partial charge in [0, 0.05) is 19.1 Å². The maximum atomic E-state index is 6.03. The standard InChI is InChI=1S/C14H24ClN5O/c1-4-9-21-14-17-12(15)16-13(18-14)20-8-6-7-19(3)10-11(20)5-2/h11H,4-10H2,1-3H3. The first-order valence-electron chi connectivity index (χ1n) is 7.63. The van der Waals surface area contributed by atoms with E-state index in [-0.39, 0.29) is 5.28 Å². The van der Waals surface area contributed by atoms with Gasteiger partial charge in [-0.1, -0.05) is 13.8 Å². The Kier molecular flexibility index (Phi) is 5.99. The fraction of sp³-hybridized carbons (Fsp3) is 0.786. The summed E-state index contributed by atoms with van der Waals surface area (Å²) in [7, 11) is 2.16. The molecule has 1 aliphatic heterocycles. The van der Waals surface area contributed by atoms with Gasteiger partial charge >= 0.3 is 6.01 Å². The van der Waals surface area contributed by atoms with E-state index in [2.05, 4.69) is 38.7 Å². The first-order chi connectivity index (χ1) is 10.1. The second-order valence-electron chi connectivity index (χ2n) is 5.41. The van der Waals surface area contributed by atoms with Gasteiger partial charge in [0.2, 0.25) is 11.2 Å². The fourth-order valence-electron chi connectivity index (χ4n) is 2.56. The third-order valence-corrected chi connectivity index (χ3v) is 3.81. The highest BCUT2D eigenvalue weighted by molar-refractivity contribution is 6.28. The molecule has 2 heterocycles. The van der Waals surface area contributed by atoms with Crippen LogP contribution in [-0.4, -0.2) is 59.2 Å². The third-order valence-electron chi connectivity index (χ3n) is 3.64. The fourth-order valence-corrected chi connectivity index (χ4v) is 2.71. The molecule has 1 saturated heterocycles. The number of likely N-dealkylation sites (N-methyl/N-ethyl adjacent to an activating group) is 1. The Labute approximate surface area is 131 Å². The number of hydrogen-bond acceptors (Lipinski definition) is 6. The number of anilines is 1. The van der Waals surface area contributed by atoms with Crippen LogP contribution in [0, 0.1) is 0 Å². The van der Waals surface area contributed by atoms with Gasteiger partial charge in [-0.2, -0.15) is 15.0 Å². The lowest BCUT2D eigenvalue weighted by molar-refractivity contribution is 0.290. The molecular formula is C14H24ClN5O. The van der Waals surface area contributed by atoms with E-state index in [0.717, 1.165) is 38.9 Å². The Morgan fingerprint density at radius 3 is 2.76 bits per heavy atom. The molecule has 1 unspecified atom stereocenters. The van der Waals surface area contributed by atoms with Gasteiger partial charge in [0.05, 0.1) is 6.61 Å². The van der Waals surface area contributed by atoms with Gasteiger partial charge in [-0.25, -0.2) is 0 Å². The normalized spacial score (nSPS) is 20.4. The van der Waals surface area contributed by atoms with Crippen molar-refractivity contribution in [1.29, 1.82) is 0 Å². The third kappa shape index (κ3) is 4.41. The van der Waals surface area contributed by atoms with Gasteiger partial charge in [0.25, 0.3) is 0 Å². The summed E-state index contributed by atoms with van der Waals surface area (Å²) in [6.07, 6.45) is 3.03. The van der Waals surface area contributed by atoms with E-state index in [1.807, 2.05) is 6.92 Å². The van der Waals surface area contributed by atoms with Gasteiger partial charge in [0.15, 0.2) is 0 Å². The van der Waals surface area contributed by atoms with Crippen molar-refractivity contribution in [2.24, 2.45) is 0 Å². The lowest BCUT2D eigenvalue weighted by Crippen LogP contribution is -2.40. The largest absolute Gasteiger partial charge is 0.463 e. The topological polar surface area (TPSA) is 54.4 Å². The molecule has 118 valence electrons. The Morgan fingerprint density at radius 1 is 1.24 bits per heavy atom. The average Bonchev–Trinajstić information content (AvgIpc) is 2.65. The van der Waals surface area contributed by atoms with Crippen LogP contribution in [0.5, 0.6) is 6.01 Å². The van der Waals surface area contributed by atoms with Gasteiger partial charge in [-0.05, 0) is 44.5 Å². The molecule has 0 N–H and O–H groups in total. The van der Waals surface area contributed by atoms with Gasteiger partial charge in [0.1, 0.15) is 0 Å². The minimum absolute atomic E-state index is 0.193. The molecular weight excluding hydrogens is 290 g/mol. The quantitative estimate of drug-likeness (QED) is 0.831. The molecule has 6 nitrogen and oxygen atoms in total. The van der Waals surface area contributed by atoms with Crippen LogP contribution in [0.25, 0.3) is 0 Å². The maximum absolute atomic E-state index is 6.03. The SMILES string of the molecule is CCCOc1nc(Cl)nc(N2CCCN(C)CC2CC)n1. The second-order valence-corrected chi connectivity index (χ2v) is 5.74. The van der Waals surface area contributed by atoms with E-state index in [4.69, 9.17) is 16.3 Å². The Hall–Kier alpha value is -1.14. The van der Waals surface area contributed by atoms with E-state index in [0.29, 0.717) is 24.6 Å². The molecule has 2 rings (SSSR count). The predicted octanol–water partition coefficient (Wildman–Crippen LogP) is 2.23. The van der Waals surface area contributed by atoms with E-state index in [1.165, 1.54) is 0 Å². The second kappa shape index (κ2) is 7.75. The van der Waals surface area contributed by atoms with Crippen LogP contribution in [-0.2, 0) is 0 Å². The highest BCUT2D eigenvalue weighted by atomic mass is 35.5. The molecule has 1 aliphatic rings. The van der Waals surface area contributed by atoms with Gasteiger partial charge < -0.3 is 14.5 Å². The summed E-state index contributed by atoms with van der Waals surface area (Å²) in [4.78, 5) is 17.4. The molecule has 0 aliphatic carbocycles. The lowest BCUT2D eigenvalue weighted by Gasteiger charge is -2.30. The van der Waals surface area contributed by atoms with Crippen LogP contribution >= 0.6 is 11.6 Å². The molecule has 0 aromatic carbocycles. The summed E-state index contributed by atoms with van der Waals surface area (Å²) in [6, 6.07) is 0.703. The molecule has 21 heavy (non-hydrogen) atoms. The number of ether oxygens (including phenoxy) is 1. The summed E-state index contributed by atoms with van der Waals surface area (Å²) >= 11 is 6.03. The highest BCUT2D eigenvalue weighted by Crippen LogP contribution is 2.21.